The predicted molar refractivity (Wildman–Crippen MR) is 181 cm³/mol. The maximum absolute atomic E-state index is 9.68. The minimum atomic E-state index is -0.229. The fourth-order valence-corrected chi connectivity index (χ4v) is 7.37. The van der Waals surface area contributed by atoms with Crippen LogP contribution in [0.5, 0.6) is 11.6 Å². The summed E-state index contributed by atoms with van der Waals surface area (Å²) in [5.41, 5.74) is 2.79. The van der Waals surface area contributed by atoms with Gasteiger partial charge in [0.25, 0.3) is 5.88 Å². The molecule has 3 aliphatic rings. The number of nitriles is 1. The SMILES string of the molecule is CCOCCOc1nn(C2CCC(N3[C@@H]4CC[C@H]3COC4)CC2)cc1Nc1ncc(-c2ccc(C#N)c(OC(C)Cn3cncn3)c2)cn1. The second kappa shape index (κ2) is 15.3. The third-order valence-corrected chi connectivity index (χ3v) is 9.70. The Kier molecular flexibility index (Phi) is 10.3. The normalized spacial score (nSPS) is 22.8. The van der Waals surface area contributed by atoms with Gasteiger partial charge >= 0.3 is 0 Å². The first kappa shape index (κ1) is 32.9. The zero-order valence-electron chi connectivity index (χ0n) is 28.1. The van der Waals surface area contributed by atoms with Crippen molar-refractivity contribution in [3.63, 3.8) is 0 Å². The minimum Gasteiger partial charge on any atom is -0.487 e. The van der Waals surface area contributed by atoms with Crippen molar-refractivity contribution in [3.8, 4) is 28.8 Å². The van der Waals surface area contributed by atoms with Crippen molar-refractivity contribution >= 4 is 11.6 Å². The molecule has 2 bridgehead atoms. The van der Waals surface area contributed by atoms with Crippen molar-refractivity contribution in [2.24, 2.45) is 0 Å². The van der Waals surface area contributed by atoms with Crippen LogP contribution in [0.15, 0.2) is 49.4 Å². The van der Waals surface area contributed by atoms with Gasteiger partial charge in [0.1, 0.15) is 42.9 Å². The highest BCUT2D eigenvalue weighted by molar-refractivity contribution is 5.67. The maximum Gasteiger partial charge on any atom is 0.257 e. The number of morpholine rings is 1. The molecule has 0 spiro atoms. The molecular formula is C35H44N10O4. The summed E-state index contributed by atoms with van der Waals surface area (Å²) < 4.78 is 27.3. The Balaban J connectivity index is 1.02. The second-order valence-electron chi connectivity index (χ2n) is 13.0. The molecule has 1 saturated carbocycles. The summed E-state index contributed by atoms with van der Waals surface area (Å²) in [4.78, 5) is 16.0. The number of hydrogen-bond donors (Lipinski definition) is 1. The number of anilines is 2. The third kappa shape index (κ3) is 7.69. The summed E-state index contributed by atoms with van der Waals surface area (Å²) in [6.45, 7) is 7.66. The largest absolute Gasteiger partial charge is 0.487 e. The van der Waals surface area contributed by atoms with Gasteiger partial charge < -0.3 is 24.3 Å². The van der Waals surface area contributed by atoms with Crippen LogP contribution in [0.25, 0.3) is 11.1 Å². The van der Waals surface area contributed by atoms with Gasteiger partial charge in [0.15, 0.2) is 0 Å². The molecule has 1 aliphatic carbocycles. The van der Waals surface area contributed by atoms with E-state index in [9.17, 15) is 5.26 Å². The molecule has 258 valence electrons. The number of benzene rings is 1. The van der Waals surface area contributed by atoms with E-state index in [-0.39, 0.29) is 6.10 Å². The quantitative estimate of drug-likeness (QED) is 0.184. The molecule has 49 heavy (non-hydrogen) atoms. The lowest BCUT2D eigenvalue weighted by Crippen LogP contribution is -2.52. The number of fused-ring (bicyclic) bond motifs is 2. The van der Waals surface area contributed by atoms with Gasteiger partial charge in [-0.3, -0.25) is 9.58 Å². The lowest BCUT2D eigenvalue weighted by molar-refractivity contribution is -0.0458. The molecule has 14 nitrogen and oxygen atoms in total. The predicted octanol–water partition coefficient (Wildman–Crippen LogP) is 4.78. The van der Waals surface area contributed by atoms with Crippen LogP contribution >= 0.6 is 0 Å². The van der Waals surface area contributed by atoms with Crippen LogP contribution in [0, 0.1) is 11.3 Å². The highest BCUT2D eigenvalue weighted by atomic mass is 16.5. The topological polar surface area (TPSA) is 150 Å². The van der Waals surface area contributed by atoms with E-state index < -0.39 is 0 Å². The molecule has 1 N–H and O–H groups in total. The van der Waals surface area contributed by atoms with E-state index >= 15 is 0 Å². The summed E-state index contributed by atoms with van der Waals surface area (Å²) >= 11 is 0. The number of nitrogens with zero attached hydrogens (tertiary/aromatic N) is 9. The van der Waals surface area contributed by atoms with E-state index in [4.69, 9.17) is 24.0 Å². The average Bonchev–Trinajstić information content (AvgIpc) is 3.85. The van der Waals surface area contributed by atoms with Crippen molar-refractivity contribution in [1.82, 2.24) is 39.4 Å². The van der Waals surface area contributed by atoms with E-state index in [1.165, 1.54) is 19.2 Å². The highest BCUT2D eigenvalue weighted by Gasteiger charge is 2.42. The van der Waals surface area contributed by atoms with Crippen LogP contribution in [0.4, 0.5) is 11.6 Å². The van der Waals surface area contributed by atoms with Crippen LogP contribution in [0.3, 0.4) is 0 Å². The van der Waals surface area contributed by atoms with E-state index in [2.05, 4.69) is 41.0 Å². The Morgan fingerprint density at radius 1 is 1.00 bits per heavy atom. The molecule has 0 radical (unpaired) electrons. The molecule has 4 aromatic rings. The summed E-state index contributed by atoms with van der Waals surface area (Å²) in [5, 5.41) is 22.0. The molecule has 1 aromatic carbocycles. The molecule has 2 saturated heterocycles. The van der Waals surface area contributed by atoms with Gasteiger partial charge in [0.05, 0.1) is 44.2 Å². The van der Waals surface area contributed by atoms with E-state index in [1.54, 1.807) is 29.5 Å². The van der Waals surface area contributed by atoms with Gasteiger partial charge in [-0.2, -0.15) is 10.4 Å². The summed E-state index contributed by atoms with van der Waals surface area (Å²) in [7, 11) is 0. The van der Waals surface area contributed by atoms with Gasteiger partial charge in [0.2, 0.25) is 5.95 Å². The van der Waals surface area contributed by atoms with Crippen molar-refractivity contribution in [2.75, 3.05) is 38.4 Å². The molecule has 14 heteroatoms. The van der Waals surface area contributed by atoms with Gasteiger partial charge in [-0.25, -0.2) is 19.6 Å². The van der Waals surface area contributed by atoms with E-state index in [0.29, 0.717) is 79.4 Å². The first-order valence-electron chi connectivity index (χ1n) is 17.4. The Hall–Kier alpha value is -4.58. The number of aromatic nitrogens is 7. The van der Waals surface area contributed by atoms with Gasteiger partial charge in [-0.15, -0.1) is 5.10 Å². The monoisotopic (exact) mass is 668 g/mol. The Bertz CT molecular complexity index is 1680. The lowest BCUT2D eigenvalue weighted by atomic mass is 9.89. The molecular weight excluding hydrogens is 624 g/mol. The molecule has 0 amide bonds. The minimum absolute atomic E-state index is 0.229. The Labute approximate surface area is 286 Å². The van der Waals surface area contributed by atoms with Gasteiger partial charge in [-0.05, 0) is 70.1 Å². The zero-order valence-corrected chi connectivity index (χ0v) is 28.1. The standard InChI is InChI=1S/C35H44N10O4/c1-3-46-12-13-48-34-32(19-44(42-34)28-6-8-29(9-7-28)45-30-10-11-31(45)21-47-20-30)41-35-38-16-27(17-39-35)25-4-5-26(15-36)33(14-25)49-24(2)18-43-23-37-22-40-43/h4-5,14,16-17,19,22-24,28-31H,3,6-13,18,20-21H2,1-2H3,(H,38,39,41)/t24?,28?,29?,30-,31+. The Morgan fingerprint density at radius 3 is 2.47 bits per heavy atom. The molecule has 3 aromatic heterocycles. The van der Waals surface area contributed by atoms with E-state index in [0.717, 1.165) is 50.0 Å². The molecule has 1 unspecified atom stereocenters. The number of nitrogens with one attached hydrogen (secondary N) is 1. The summed E-state index contributed by atoms with van der Waals surface area (Å²) in [6.07, 6.45) is 15.4. The van der Waals surface area contributed by atoms with Crippen molar-refractivity contribution < 1.29 is 18.9 Å². The first-order chi connectivity index (χ1) is 24.1. The molecule has 7 rings (SSSR count). The average molecular weight is 669 g/mol. The smallest absolute Gasteiger partial charge is 0.257 e. The summed E-state index contributed by atoms with van der Waals surface area (Å²) in [6, 6.07) is 9.77. The molecule has 5 heterocycles. The lowest BCUT2D eigenvalue weighted by Gasteiger charge is -2.43. The maximum atomic E-state index is 9.68. The zero-order chi connectivity index (χ0) is 33.6. The first-order valence-corrected chi connectivity index (χ1v) is 17.4. The van der Waals surface area contributed by atoms with Crippen LogP contribution in [0.1, 0.15) is 64.0 Å². The van der Waals surface area contributed by atoms with Crippen LogP contribution in [-0.2, 0) is 16.0 Å². The second-order valence-corrected chi connectivity index (χ2v) is 13.0. The third-order valence-electron chi connectivity index (χ3n) is 9.70. The summed E-state index contributed by atoms with van der Waals surface area (Å²) in [5.74, 6) is 1.42. The fourth-order valence-electron chi connectivity index (χ4n) is 7.37. The molecule has 3 fully saturated rings. The van der Waals surface area contributed by atoms with Crippen molar-refractivity contribution in [2.45, 2.75) is 89.2 Å². The van der Waals surface area contributed by atoms with Crippen molar-refractivity contribution in [3.05, 3.63) is 55.0 Å². The number of hydrogen-bond acceptors (Lipinski definition) is 12. The number of ether oxygens (including phenoxy) is 4. The molecule has 2 aliphatic heterocycles. The van der Waals surface area contributed by atoms with Crippen LogP contribution in [0.2, 0.25) is 0 Å². The number of rotatable bonds is 14. The molecule has 3 atom stereocenters. The van der Waals surface area contributed by atoms with Gasteiger partial charge in [0, 0.05) is 42.7 Å². The van der Waals surface area contributed by atoms with Crippen molar-refractivity contribution in [1.29, 1.82) is 5.26 Å². The Morgan fingerprint density at radius 2 is 1.76 bits per heavy atom. The van der Waals surface area contributed by atoms with Crippen LogP contribution < -0.4 is 14.8 Å². The van der Waals surface area contributed by atoms with Gasteiger partial charge in [-0.1, -0.05) is 6.07 Å². The highest BCUT2D eigenvalue weighted by Crippen LogP contribution is 2.39. The fraction of sp³-hybridized carbons (Fsp3) is 0.543. The van der Waals surface area contributed by atoms with E-state index in [1.807, 2.05) is 32.2 Å². The van der Waals surface area contributed by atoms with Crippen LogP contribution in [-0.4, -0.2) is 96.7 Å².